The van der Waals surface area contributed by atoms with Crippen molar-refractivity contribution in [2.45, 2.75) is 91.9 Å². The lowest BCUT2D eigenvalue weighted by Gasteiger charge is -2.36. The molecule has 0 spiro atoms. The third kappa shape index (κ3) is 5.47. The van der Waals surface area contributed by atoms with Crippen molar-refractivity contribution in [3.05, 3.63) is 0 Å². The van der Waals surface area contributed by atoms with Crippen molar-refractivity contribution in [3.8, 4) is 12.3 Å². The van der Waals surface area contributed by atoms with Gasteiger partial charge in [0.05, 0.1) is 0 Å². The van der Waals surface area contributed by atoms with Crippen LogP contribution in [0.4, 0.5) is 0 Å². The summed E-state index contributed by atoms with van der Waals surface area (Å²) in [5.74, 6) is 3.59. The second-order valence-corrected chi connectivity index (χ2v) is 5.70. The maximum atomic E-state index is 5.80. The van der Waals surface area contributed by atoms with Gasteiger partial charge in [0.2, 0.25) is 0 Å². The van der Waals surface area contributed by atoms with Gasteiger partial charge in [-0.05, 0) is 31.1 Å². The molecule has 106 valence electrons. The molecule has 0 aromatic rings. The zero-order valence-corrected chi connectivity index (χ0v) is 13.2. The maximum Gasteiger partial charge on any atom is 0.0256 e. The SMILES string of the molecule is C#CC(CCCCCCCC)C(CC)(CC)CC. The average molecular weight is 250 g/mol. The Labute approximate surface area is 116 Å². The van der Waals surface area contributed by atoms with Crippen molar-refractivity contribution in [1.82, 2.24) is 0 Å². The van der Waals surface area contributed by atoms with E-state index in [1.165, 1.54) is 64.2 Å². The minimum atomic E-state index is 0.401. The number of hydrogen-bond donors (Lipinski definition) is 0. The molecule has 0 aliphatic heterocycles. The highest BCUT2D eigenvalue weighted by Crippen LogP contribution is 2.41. The van der Waals surface area contributed by atoms with Crippen LogP contribution in [0, 0.1) is 23.7 Å². The first kappa shape index (κ1) is 17.6. The number of hydrogen-bond acceptors (Lipinski definition) is 0. The summed E-state index contributed by atoms with van der Waals surface area (Å²) in [7, 11) is 0. The monoisotopic (exact) mass is 250 g/mol. The predicted octanol–water partition coefficient (Wildman–Crippen LogP) is 6.20. The highest BCUT2D eigenvalue weighted by molar-refractivity contribution is 5.02. The molecule has 0 radical (unpaired) electrons. The number of rotatable bonds is 11. The van der Waals surface area contributed by atoms with Crippen molar-refractivity contribution in [2.24, 2.45) is 11.3 Å². The lowest BCUT2D eigenvalue weighted by Crippen LogP contribution is -2.28. The van der Waals surface area contributed by atoms with Crippen LogP contribution in [0.15, 0.2) is 0 Å². The van der Waals surface area contributed by atoms with Gasteiger partial charge in [-0.2, -0.15) is 0 Å². The molecular weight excluding hydrogens is 216 g/mol. The van der Waals surface area contributed by atoms with Crippen molar-refractivity contribution < 1.29 is 0 Å². The third-order valence-electron chi connectivity index (χ3n) is 4.90. The normalized spacial score (nSPS) is 13.3. The second-order valence-electron chi connectivity index (χ2n) is 5.70. The van der Waals surface area contributed by atoms with Gasteiger partial charge in [0.1, 0.15) is 0 Å². The standard InChI is InChI=1S/C18H34/c1-6-11-12-13-14-15-16-17(7-2)18(8-3,9-4)10-5/h2,17H,6,8-16H2,1,3-5H3. The fourth-order valence-corrected chi connectivity index (χ4v) is 3.18. The Morgan fingerprint density at radius 1 is 0.833 bits per heavy atom. The van der Waals surface area contributed by atoms with E-state index in [0.717, 1.165) is 0 Å². The summed E-state index contributed by atoms with van der Waals surface area (Å²) in [5, 5.41) is 0. The Morgan fingerprint density at radius 2 is 1.33 bits per heavy atom. The molecule has 0 fully saturated rings. The lowest BCUT2D eigenvalue weighted by atomic mass is 9.68. The molecule has 0 aromatic heterocycles. The minimum Gasteiger partial charge on any atom is -0.120 e. The first-order valence-electron chi connectivity index (χ1n) is 8.16. The van der Waals surface area contributed by atoms with Crippen LogP contribution in [0.2, 0.25) is 0 Å². The van der Waals surface area contributed by atoms with Crippen LogP contribution in [0.1, 0.15) is 91.9 Å². The van der Waals surface area contributed by atoms with Gasteiger partial charge < -0.3 is 0 Å². The summed E-state index contributed by atoms with van der Waals surface area (Å²) >= 11 is 0. The molecule has 1 unspecified atom stereocenters. The Hall–Kier alpha value is -0.440. The first-order chi connectivity index (χ1) is 8.70. The lowest BCUT2D eigenvalue weighted by molar-refractivity contribution is 0.166. The Kier molecular flexibility index (Phi) is 10.2. The van der Waals surface area contributed by atoms with E-state index in [1.54, 1.807) is 0 Å². The van der Waals surface area contributed by atoms with Crippen molar-refractivity contribution in [3.63, 3.8) is 0 Å². The summed E-state index contributed by atoms with van der Waals surface area (Å²) in [4.78, 5) is 0. The van der Waals surface area contributed by atoms with Gasteiger partial charge in [-0.25, -0.2) is 0 Å². The van der Waals surface area contributed by atoms with Crippen molar-refractivity contribution in [2.75, 3.05) is 0 Å². The highest BCUT2D eigenvalue weighted by Gasteiger charge is 2.32. The zero-order valence-electron chi connectivity index (χ0n) is 13.2. The van der Waals surface area contributed by atoms with E-state index >= 15 is 0 Å². The molecule has 0 heterocycles. The fraction of sp³-hybridized carbons (Fsp3) is 0.889. The van der Waals surface area contributed by atoms with E-state index < -0.39 is 0 Å². The summed E-state index contributed by atoms with van der Waals surface area (Å²) in [6.07, 6.45) is 18.9. The smallest absolute Gasteiger partial charge is 0.0256 e. The zero-order chi connectivity index (χ0) is 13.9. The first-order valence-corrected chi connectivity index (χ1v) is 8.16. The Bertz CT molecular complexity index is 208. The quantitative estimate of drug-likeness (QED) is 0.302. The Morgan fingerprint density at radius 3 is 1.78 bits per heavy atom. The summed E-state index contributed by atoms with van der Waals surface area (Å²) in [5.41, 5.74) is 0.401. The van der Waals surface area contributed by atoms with Gasteiger partial charge in [-0.15, -0.1) is 12.3 Å². The van der Waals surface area contributed by atoms with E-state index in [4.69, 9.17) is 6.42 Å². The molecule has 0 aliphatic carbocycles. The van der Waals surface area contributed by atoms with E-state index in [2.05, 4.69) is 33.6 Å². The summed E-state index contributed by atoms with van der Waals surface area (Å²) in [6, 6.07) is 0. The molecule has 0 N–H and O–H groups in total. The molecule has 0 saturated heterocycles. The van der Waals surface area contributed by atoms with Crippen LogP contribution >= 0.6 is 0 Å². The van der Waals surface area contributed by atoms with Crippen LogP contribution in [0.3, 0.4) is 0 Å². The largest absolute Gasteiger partial charge is 0.120 e. The predicted molar refractivity (Wildman–Crippen MR) is 83.6 cm³/mol. The molecule has 0 bridgehead atoms. The molecule has 0 heteroatoms. The summed E-state index contributed by atoms with van der Waals surface area (Å²) < 4.78 is 0. The van der Waals surface area contributed by atoms with E-state index in [1.807, 2.05) is 0 Å². The number of terminal acetylenes is 1. The van der Waals surface area contributed by atoms with Crippen LogP contribution in [0.25, 0.3) is 0 Å². The van der Waals surface area contributed by atoms with E-state index in [-0.39, 0.29) is 0 Å². The molecule has 18 heavy (non-hydrogen) atoms. The van der Waals surface area contributed by atoms with Crippen LogP contribution in [-0.4, -0.2) is 0 Å². The van der Waals surface area contributed by atoms with Gasteiger partial charge in [0.25, 0.3) is 0 Å². The minimum absolute atomic E-state index is 0.401. The van der Waals surface area contributed by atoms with Crippen LogP contribution in [0.5, 0.6) is 0 Å². The molecule has 0 nitrogen and oxygen atoms in total. The number of unbranched alkanes of at least 4 members (excludes halogenated alkanes) is 5. The Balaban J connectivity index is 4.07. The van der Waals surface area contributed by atoms with Crippen molar-refractivity contribution >= 4 is 0 Å². The molecule has 0 saturated carbocycles. The topological polar surface area (TPSA) is 0 Å². The molecule has 0 aliphatic rings. The van der Waals surface area contributed by atoms with Gasteiger partial charge >= 0.3 is 0 Å². The van der Waals surface area contributed by atoms with Gasteiger partial charge in [-0.3, -0.25) is 0 Å². The van der Waals surface area contributed by atoms with Gasteiger partial charge in [-0.1, -0.05) is 66.2 Å². The molecule has 0 aromatic carbocycles. The molecule has 1 atom stereocenters. The maximum absolute atomic E-state index is 5.80. The second kappa shape index (κ2) is 10.5. The molecular formula is C18H34. The van der Waals surface area contributed by atoms with E-state index in [0.29, 0.717) is 11.3 Å². The van der Waals surface area contributed by atoms with E-state index in [9.17, 15) is 0 Å². The van der Waals surface area contributed by atoms with Crippen LogP contribution < -0.4 is 0 Å². The average Bonchev–Trinajstić information content (AvgIpc) is 2.42. The third-order valence-corrected chi connectivity index (χ3v) is 4.90. The molecule has 0 rings (SSSR count). The highest BCUT2D eigenvalue weighted by atomic mass is 14.4. The summed E-state index contributed by atoms with van der Waals surface area (Å²) in [6.45, 7) is 9.18. The fourth-order valence-electron chi connectivity index (χ4n) is 3.18. The van der Waals surface area contributed by atoms with Gasteiger partial charge in [0, 0.05) is 5.92 Å². The molecule has 0 amide bonds. The van der Waals surface area contributed by atoms with Crippen molar-refractivity contribution in [1.29, 1.82) is 0 Å². The van der Waals surface area contributed by atoms with Gasteiger partial charge in [0.15, 0.2) is 0 Å². The van der Waals surface area contributed by atoms with Crippen LogP contribution in [-0.2, 0) is 0 Å².